The third-order valence-corrected chi connectivity index (χ3v) is 4.12. The lowest BCUT2D eigenvalue weighted by Gasteiger charge is -2.41. The monoisotopic (exact) mass is 197 g/mol. The Bertz CT molecular complexity index is 181. The Morgan fingerprint density at radius 3 is 2.93 bits per heavy atom. The normalized spacial score (nSPS) is 38.6. The first-order chi connectivity index (χ1) is 6.83. The molecule has 2 rings (SSSR count). The molecule has 0 spiro atoms. The van der Waals surface area contributed by atoms with Crippen LogP contribution in [0.3, 0.4) is 0 Å². The van der Waals surface area contributed by atoms with Crippen LogP contribution in [0.25, 0.3) is 0 Å². The smallest absolute Gasteiger partial charge is 0.0431 e. The van der Waals surface area contributed by atoms with Crippen LogP contribution in [0.4, 0.5) is 0 Å². The number of aliphatic hydroxyl groups is 1. The van der Waals surface area contributed by atoms with E-state index in [-0.39, 0.29) is 0 Å². The van der Waals surface area contributed by atoms with Gasteiger partial charge in [0.2, 0.25) is 0 Å². The molecule has 0 bridgehead atoms. The zero-order valence-electron chi connectivity index (χ0n) is 9.28. The molecule has 0 aromatic heterocycles. The molecule has 82 valence electrons. The van der Waals surface area contributed by atoms with E-state index in [2.05, 4.69) is 11.8 Å². The van der Waals surface area contributed by atoms with Crippen molar-refractivity contribution in [1.82, 2.24) is 4.90 Å². The van der Waals surface area contributed by atoms with Gasteiger partial charge in [0, 0.05) is 18.7 Å². The summed E-state index contributed by atoms with van der Waals surface area (Å²) in [7, 11) is 0. The largest absolute Gasteiger partial charge is 0.396 e. The second-order valence-corrected chi connectivity index (χ2v) is 5.02. The van der Waals surface area contributed by atoms with Crippen molar-refractivity contribution >= 4 is 0 Å². The van der Waals surface area contributed by atoms with Gasteiger partial charge in [-0.2, -0.15) is 0 Å². The Labute approximate surface area is 87.3 Å². The topological polar surface area (TPSA) is 23.5 Å². The zero-order valence-corrected chi connectivity index (χ0v) is 9.28. The summed E-state index contributed by atoms with van der Waals surface area (Å²) in [4.78, 5) is 2.73. The molecular formula is C12H23NO. The maximum absolute atomic E-state index is 8.87. The summed E-state index contributed by atoms with van der Waals surface area (Å²) >= 11 is 0. The third-order valence-electron chi connectivity index (χ3n) is 4.12. The van der Waals surface area contributed by atoms with Gasteiger partial charge in [0.25, 0.3) is 0 Å². The fraction of sp³-hybridized carbons (Fsp3) is 1.00. The van der Waals surface area contributed by atoms with Crippen LogP contribution < -0.4 is 0 Å². The molecule has 2 aliphatic rings. The SMILES string of the molecule is C[C@@H]1CC[C@@H](CCCO)N2CCC[C@@H]12. The van der Waals surface area contributed by atoms with E-state index in [1.165, 1.54) is 38.6 Å². The van der Waals surface area contributed by atoms with Crippen LogP contribution in [0.2, 0.25) is 0 Å². The molecule has 2 aliphatic heterocycles. The highest BCUT2D eigenvalue weighted by Crippen LogP contribution is 2.36. The molecule has 0 aromatic rings. The summed E-state index contributed by atoms with van der Waals surface area (Å²) < 4.78 is 0. The van der Waals surface area contributed by atoms with Crippen molar-refractivity contribution in [3.8, 4) is 0 Å². The van der Waals surface area contributed by atoms with Crippen molar-refractivity contribution in [2.75, 3.05) is 13.2 Å². The standard InChI is InChI=1S/C12H23NO/c1-10-6-7-11(4-3-9-14)13-8-2-5-12(10)13/h10-12,14H,2-9H2,1H3/t10-,11-,12+/m1/s1. The average Bonchev–Trinajstić information content (AvgIpc) is 2.66. The van der Waals surface area contributed by atoms with Gasteiger partial charge in [-0.15, -0.1) is 0 Å². The summed E-state index contributed by atoms with van der Waals surface area (Å²) in [6.45, 7) is 4.08. The van der Waals surface area contributed by atoms with Crippen LogP contribution >= 0.6 is 0 Å². The van der Waals surface area contributed by atoms with Gasteiger partial charge >= 0.3 is 0 Å². The maximum Gasteiger partial charge on any atom is 0.0431 e. The van der Waals surface area contributed by atoms with Gasteiger partial charge in [0.05, 0.1) is 0 Å². The first-order valence-electron chi connectivity index (χ1n) is 6.19. The number of hydrogen-bond donors (Lipinski definition) is 1. The fourth-order valence-corrected chi connectivity index (χ4v) is 3.33. The number of aliphatic hydroxyl groups excluding tert-OH is 1. The van der Waals surface area contributed by atoms with E-state index in [0.29, 0.717) is 6.61 Å². The number of fused-ring (bicyclic) bond motifs is 1. The lowest BCUT2D eigenvalue weighted by Crippen LogP contribution is -2.46. The molecule has 3 atom stereocenters. The van der Waals surface area contributed by atoms with Gasteiger partial charge in [-0.1, -0.05) is 6.92 Å². The Hall–Kier alpha value is -0.0800. The fourth-order valence-electron chi connectivity index (χ4n) is 3.33. The predicted octanol–water partition coefficient (Wildman–Crippen LogP) is 2.02. The Balaban J connectivity index is 1.92. The van der Waals surface area contributed by atoms with Crippen molar-refractivity contribution in [1.29, 1.82) is 0 Å². The van der Waals surface area contributed by atoms with Crippen molar-refractivity contribution in [2.24, 2.45) is 5.92 Å². The zero-order chi connectivity index (χ0) is 9.97. The molecule has 2 nitrogen and oxygen atoms in total. The molecule has 1 N–H and O–H groups in total. The van der Waals surface area contributed by atoms with E-state index in [9.17, 15) is 0 Å². The van der Waals surface area contributed by atoms with E-state index in [4.69, 9.17) is 5.11 Å². The lowest BCUT2D eigenvalue weighted by molar-refractivity contribution is 0.0722. The van der Waals surface area contributed by atoms with Crippen molar-refractivity contribution in [3.63, 3.8) is 0 Å². The van der Waals surface area contributed by atoms with Crippen LogP contribution in [0.5, 0.6) is 0 Å². The minimum Gasteiger partial charge on any atom is -0.396 e. The van der Waals surface area contributed by atoms with Gasteiger partial charge in [-0.05, 0) is 51.0 Å². The van der Waals surface area contributed by atoms with Gasteiger partial charge < -0.3 is 5.11 Å². The van der Waals surface area contributed by atoms with Crippen LogP contribution in [0, 0.1) is 5.92 Å². The van der Waals surface area contributed by atoms with E-state index < -0.39 is 0 Å². The minimum absolute atomic E-state index is 0.366. The lowest BCUT2D eigenvalue weighted by atomic mass is 9.86. The molecule has 0 aliphatic carbocycles. The van der Waals surface area contributed by atoms with Crippen molar-refractivity contribution in [2.45, 2.75) is 57.5 Å². The second kappa shape index (κ2) is 4.63. The van der Waals surface area contributed by atoms with Gasteiger partial charge in [0.15, 0.2) is 0 Å². The van der Waals surface area contributed by atoms with E-state index in [1.54, 1.807) is 0 Å². The number of hydrogen-bond acceptors (Lipinski definition) is 2. The number of nitrogens with zero attached hydrogens (tertiary/aromatic N) is 1. The quantitative estimate of drug-likeness (QED) is 0.748. The molecule has 2 fully saturated rings. The molecule has 0 saturated carbocycles. The third kappa shape index (κ3) is 1.96. The first-order valence-corrected chi connectivity index (χ1v) is 6.19. The van der Waals surface area contributed by atoms with E-state index in [0.717, 1.165) is 24.4 Å². The molecule has 2 saturated heterocycles. The van der Waals surface area contributed by atoms with Crippen molar-refractivity contribution < 1.29 is 5.11 Å². The minimum atomic E-state index is 0.366. The van der Waals surface area contributed by atoms with Crippen molar-refractivity contribution in [3.05, 3.63) is 0 Å². The van der Waals surface area contributed by atoms with E-state index in [1.807, 2.05) is 0 Å². The summed E-state index contributed by atoms with van der Waals surface area (Å²) in [5.41, 5.74) is 0. The molecule has 0 unspecified atom stereocenters. The van der Waals surface area contributed by atoms with Gasteiger partial charge in [-0.25, -0.2) is 0 Å². The highest BCUT2D eigenvalue weighted by molar-refractivity contribution is 4.92. The molecule has 0 radical (unpaired) electrons. The summed E-state index contributed by atoms with van der Waals surface area (Å²) in [6.07, 6.45) is 7.76. The average molecular weight is 197 g/mol. The summed E-state index contributed by atoms with van der Waals surface area (Å²) in [6, 6.07) is 1.65. The Morgan fingerprint density at radius 1 is 1.29 bits per heavy atom. The van der Waals surface area contributed by atoms with Gasteiger partial charge in [-0.3, -0.25) is 4.90 Å². The summed E-state index contributed by atoms with van der Waals surface area (Å²) in [5.74, 6) is 0.905. The van der Waals surface area contributed by atoms with Crippen LogP contribution in [0.1, 0.15) is 45.4 Å². The van der Waals surface area contributed by atoms with Crippen LogP contribution in [0.15, 0.2) is 0 Å². The molecular weight excluding hydrogens is 174 g/mol. The molecule has 0 aromatic carbocycles. The van der Waals surface area contributed by atoms with Crippen LogP contribution in [-0.2, 0) is 0 Å². The Morgan fingerprint density at radius 2 is 2.14 bits per heavy atom. The predicted molar refractivity (Wildman–Crippen MR) is 58.2 cm³/mol. The molecule has 0 amide bonds. The van der Waals surface area contributed by atoms with E-state index >= 15 is 0 Å². The number of rotatable bonds is 3. The molecule has 14 heavy (non-hydrogen) atoms. The maximum atomic E-state index is 8.87. The van der Waals surface area contributed by atoms with Gasteiger partial charge in [0.1, 0.15) is 0 Å². The Kier molecular flexibility index (Phi) is 3.45. The van der Waals surface area contributed by atoms with Crippen LogP contribution in [-0.4, -0.2) is 35.2 Å². The highest BCUT2D eigenvalue weighted by Gasteiger charge is 2.37. The first kappa shape index (κ1) is 10.4. The number of piperidine rings is 1. The molecule has 2 heteroatoms. The highest BCUT2D eigenvalue weighted by atomic mass is 16.2. The summed E-state index contributed by atoms with van der Waals surface area (Å²) in [5, 5.41) is 8.87. The molecule has 2 heterocycles. The second-order valence-electron chi connectivity index (χ2n) is 5.02.